The van der Waals surface area contributed by atoms with Gasteiger partial charge in [-0.1, -0.05) is 28.8 Å². The van der Waals surface area contributed by atoms with Crippen LogP contribution in [0.4, 0.5) is 0 Å². The second-order valence-corrected chi connectivity index (χ2v) is 4.40. The Bertz CT molecular complexity index is 514. The third-order valence-corrected chi connectivity index (χ3v) is 3.15. The number of pyridine rings is 1. The van der Waals surface area contributed by atoms with Crippen LogP contribution in [0.25, 0.3) is 0 Å². The molecule has 0 bridgehead atoms. The van der Waals surface area contributed by atoms with E-state index in [-0.39, 0.29) is 5.78 Å². The number of carbonyl (C=O) groups excluding carboxylic acids is 1. The van der Waals surface area contributed by atoms with Crippen LogP contribution in [-0.4, -0.2) is 10.8 Å². The SMILES string of the molecule is CC1=C(C)CC(C(=O)c2cnccc2Cl)=C1. The van der Waals surface area contributed by atoms with Gasteiger partial charge in [0.1, 0.15) is 0 Å². The predicted molar refractivity (Wildman–Crippen MR) is 64.7 cm³/mol. The molecule has 0 amide bonds. The zero-order chi connectivity index (χ0) is 11.7. The quantitative estimate of drug-likeness (QED) is 0.731. The lowest BCUT2D eigenvalue weighted by atomic mass is 10.0. The molecule has 0 atom stereocenters. The number of hydrogen-bond donors (Lipinski definition) is 0. The van der Waals surface area contributed by atoms with Crippen LogP contribution in [0.3, 0.4) is 0 Å². The van der Waals surface area contributed by atoms with Crippen molar-refractivity contribution in [3.05, 3.63) is 51.8 Å². The third kappa shape index (κ3) is 1.93. The monoisotopic (exact) mass is 233 g/mol. The molecule has 0 fully saturated rings. The molecule has 16 heavy (non-hydrogen) atoms. The molecule has 1 aliphatic rings. The number of Topliss-reactive ketones (excluding diaryl/α,β-unsaturated/α-hetero) is 1. The van der Waals surface area contributed by atoms with Crippen molar-refractivity contribution in [2.45, 2.75) is 20.3 Å². The molecule has 1 heterocycles. The van der Waals surface area contributed by atoms with E-state index < -0.39 is 0 Å². The molecule has 0 N–H and O–H groups in total. The average molecular weight is 234 g/mol. The van der Waals surface area contributed by atoms with E-state index in [1.165, 1.54) is 17.3 Å². The van der Waals surface area contributed by atoms with E-state index >= 15 is 0 Å². The van der Waals surface area contributed by atoms with E-state index in [1.807, 2.05) is 19.9 Å². The Morgan fingerprint density at radius 1 is 1.44 bits per heavy atom. The largest absolute Gasteiger partial charge is 0.289 e. The molecule has 1 aliphatic carbocycles. The van der Waals surface area contributed by atoms with Gasteiger partial charge in [-0.25, -0.2) is 0 Å². The van der Waals surface area contributed by atoms with Crippen molar-refractivity contribution in [1.29, 1.82) is 0 Å². The molecule has 0 aromatic carbocycles. The van der Waals surface area contributed by atoms with Gasteiger partial charge in [0.25, 0.3) is 0 Å². The molecule has 0 spiro atoms. The first-order valence-corrected chi connectivity index (χ1v) is 5.48. The molecule has 2 nitrogen and oxygen atoms in total. The van der Waals surface area contributed by atoms with Gasteiger partial charge in [0.15, 0.2) is 5.78 Å². The van der Waals surface area contributed by atoms with Gasteiger partial charge >= 0.3 is 0 Å². The molecule has 0 radical (unpaired) electrons. The highest BCUT2D eigenvalue weighted by Crippen LogP contribution is 2.28. The van der Waals surface area contributed by atoms with Gasteiger partial charge in [-0.15, -0.1) is 0 Å². The first-order valence-electron chi connectivity index (χ1n) is 5.10. The lowest BCUT2D eigenvalue weighted by molar-refractivity contribution is 0.103. The Kier molecular flexibility index (Phi) is 2.92. The van der Waals surface area contributed by atoms with Gasteiger partial charge < -0.3 is 0 Å². The maximum absolute atomic E-state index is 12.1. The number of hydrogen-bond acceptors (Lipinski definition) is 2. The van der Waals surface area contributed by atoms with Crippen LogP contribution in [0, 0.1) is 0 Å². The summed E-state index contributed by atoms with van der Waals surface area (Å²) in [7, 11) is 0. The summed E-state index contributed by atoms with van der Waals surface area (Å²) < 4.78 is 0. The van der Waals surface area contributed by atoms with Gasteiger partial charge in [-0.2, -0.15) is 0 Å². The topological polar surface area (TPSA) is 30.0 Å². The summed E-state index contributed by atoms with van der Waals surface area (Å²) >= 11 is 5.97. The summed E-state index contributed by atoms with van der Waals surface area (Å²) in [5, 5.41) is 0.461. The number of rotatable bonds is 2. The molecule has 3 heteroatoms. The summed E-state index contributed by atoms with van der Waals surface area (Å²) in [5.74, 6) is -0.0192. The highest BCUT2D eigenvalue weighted by Gasteiger charge is 2.19. The second kappa shape index (κ2) is 4.22. The molecule has 0 aliphatic heterocycles. The highest BCUT2D eigenvalue weighted by atomic mass is 35.5. The van der Waals surface area contributed by atoms with Gasteiger partial charge in [0.05, 0.1) is 10.6 Å². The van der Waals surface area contributed by atoms with Gasteiger partial charge in [-0.3, -0.25) is 9.78 Å². The van der Waals surface area contributed by atoms with E-state index in [2.05, 4.69) is 4.98 Å². The number of halogens is 1. The fraction of sp³-hybridized carbons (Fsp3) is 0.231. The minimum absolute atomic E-state index is 0.0192. The van der Waals surface area contributed by atoms with Crippen LogP contribution in [0.5, 0.6) is 0 Å². The molecular weight excluding hydrogens is 222 g/mol. The fourth-order valence-electron chi connectivity index (χ4n) is 1.72. The minimum Gasteiger partial charge on any atom is -0.289 e. The smallest absolute Gasteiger partial charge is 0.192 e. The maximum Gasteiger partial charge on any atom is 0.192 e. The van der Waals surface area contributed by atoms with E-state index in [9.17, 15) is 4.79 Å². The van der Waals surface area contributed by atoms with Gasteiger partial charge in [0, 0.05) is 18.0 Å². The summed E-state index contributed by atoms with van der Waals surface area (Å²) in [5.41, 5.74) is 3.69. The van der Waals surface area contributed by atoms with Crippen LogP contribution in [0.2, 0.25) is 5.02 Å². The van der Waals surface area contributed by atoms with Crippen LogP contribution in [-0.2, 0) is 0 Å². The molecule has 0 unspecified atom stereocenters. The minimum atomic E-state index is -0.0192. The molecule has 0 saturated carbocycles. The molecule has 1 aromatic rings. The highest BCUT2D eigenvalue weighted by molar-refractivity contribution is 6.34. The van der Waals surface area contributed by atoms with Gasteiger partial charge in [-0.05, 0) is 26.3 Å². The molecule has 82 valence electrons. The summed E-state index contributed by atoms with van der Waals surface area (Å²) in [6.07, 6.45) is 5.75. The number of aromatic nitrogens is 1. The zero-order valence-electron chi connectivity index (χ0n) is 9.25. The first-order chi connectivity index (χ1) is 7.59. The molecule has 1 aromatic heterocycles. The van der Waals surface area contributed by atoms with E-state index in [4.69, 9.17) is 11.6 Å². The van der Waals surface area contributed by atoms with Crippen LogP contribution in [0.1, 0.15) is 30.6 Å². The normalized spacial score (nSPS) is 15.3. The predicted octanol–water partition coefficient (Wildman–Crippen LogP) is 3.58. The van der Waals surface area contributed by atoms with Crippen molar-refractivity contribution in [3.63, 3.8) is 0 Å². The Hall–Kier alpha value is -1.41. The molecule has 2 rings (SSSR count). The van der Waals surface area contributed by atoms with Crippen LogP contribution in [0.15, 0.2) is 41.3 Å². The lowest BCUT2D eigenvalue weighted by Crippen LogP contribution is -2.03. The van der Waals surface area contributed by atoms with Crippen LogP contribution >= 0.6 is 11.6 Å². The van der Waals surface area contributed by atoms with E-state index in [1.54, 1.807) is 12.3 Å². The number of allylic oxidation sites excluding steroid dienone is 4. The van der Waals surface area contributed by atoms with Crippen molar-refractivity contribution in [2.24, 2.45) is 0 Å². The van der Waals surface area contributed by atoms with Gasteiger partial charge in [0.2, 0.25) is 0 Å². The summed E-state index contributed by atoms with van der Waals surface area (Å²) in [4.78, 5) is 16.1. The summed E-state index contributed by atoms with van der Waals surface area (Å²) in [6, 6.07) is 1.64. The zero-order valence-corrected chi connectivity index (χ0v) is 10.0. The third-order valence-electron chi connectivity index (χ3n) is 2.82. The number of ketones is 1. The maximum atomic E-state index is 12.1. The summed E-state index contributed by atoms with van der Waals surface area (Å²) in [6.45, 7) is 4.05. The van der Waals surface area contributed by atoms with Crippen LogP contribution < -0.4 is 0 Å². The average Bonchev–Trinajstić information content (AvgIpc) is 2.59. The van der Waals surface area contributed by atoms with E-state index in [0.29, 0.717) is 10.6 Å². The Balaban J connectivity index is 2.30. The number of nitrogens with zero attached hydrogens (tertiary/aromatic N) is 1. The first kappa shape index (κ1) is 11.1. The number of carbonyl (C=O) groups is 1. The Labute approximate surface area is 99.7 Å². The molecule has 0 saturated heterocycles. The van der Waals surface area contributed by atoms with Crippen molar-refractivity contribution in [1.82, 2.24) is 4.98 Å². The molecular formula is C13H12ClNO. The second-order valence-electron chi connectivity index (χ2n) is 3.99. The van der Waals surface area contributed by atoms with Crippen molar-refractivity contribution < 1.29 is 4.79 Å². The van der Waals surface area contributed by atoms with Crippen molar-refractivity contribution >= 4 is 17.4 Å². The Morgan fingerprint density at radius 2 is 2.19 bits per heavy atom. The lowest BCUT2D eigenvalue weighted by Gasteiger charge is -2.03. The van der Waals surface area contributed by atoms with E-state index in [0.717, 1.165) is 12.0 Å². The van der Waals surface area contributed by atoms with Crippen molar-refractivity contribution in [2.75, 3.05) is 0 Å². The van der Waals surface area contributed by atoms with Crippen molar-refractivity contribution in [3.8, 4) is 0 Å². The fourth-order valence-corrected chi connectivity index (χ4v) is 1.92. The Morgan fingerprint density at radius 3 is 2.75 bits per heavy atom. The standard InChI is InChI=1S/C13H12ClNO/c1-8-5-10(6-9(8)2)13(16)11-7-15-4-3-12(11)14/h3-5,7H,6H2,1-2H3.